The van der Waals surface area contributed by atoms with Gasteiger partial charge in [-0.25, -0.2) is 0 Å². The average molecular weight is 169 g/mol. The van der Waals surface area contributed by atoms with Crippen LogP contribution in [0.5, 0.6) is 0 Å². The van der Waals surface area contributed by atoms with Crippen LogP contribution < -0.4 is 5.32 Å². The molecule has 0 aromatic carbocycles. The SMILES string of the molecule is C[C@@H]1OCC2(CCNCC2)[C@@H]1C. The molecule has 2 heteroatoms. The van der Waals surface area contributed by atoms with Gasteiger partial charge in [-0.2, -0.15) is 0 Å². The molecule has 1 spiro atoms. The third kappa shape index (κ3) is 1.17. The largest absolute Gasteiger partial charge is 0.378 e. The Hall–Kier alpha value is -0.0800. The Kier molecular flexibility index (Phi) is 2.13. The van der Waals surface area contributed by atoms with Crippen LogP contribution >= 0.6 is 0 Å². The van der Waals surface area contributed by atoms with E-state index in [1.165, 1.54) is 25.9 Å². The van der Waals surface area contributed by atoms with E-state index in [4.69, 9.17) is 4.74 Å². The van der Waals surface area contributed by atoms with Crippen LogP contribution in [0.15, 0.2) is 0 Å². The second-order valence-corrected chi connectivity index (χ2v) is 4.42. The number of hydrogen-bond donors (Lipinski definition) is 1. The lowest BCUT2D eigenvalue weighted by Crippen LogP contribution is -2.41. The van der Waals surface area contributed by atoms with Crippen LogP contribution in [0.1, 0.15) is 26.7 Å². The first-order valence-electron chi connectivity index (χ1n) is 5.07. The zero-order chi connectivity index (χ0) is 8.60. The highest BCUT2D eigenvalue weighted by Crippen LogP contribution is 2.44. The molecule has 2 rings (SSSR count). The molecule has 2 fully saturated rings. The van der Waals surface area contributed by atoms with Crippen LogP contribution in [0.3, 0.4) is 0 Å². The smallest absolute Gasteiger partial charge is 0.0578 e. The second-order valence-electron chi connectivity index (χ2n) is 4.42. The van der Waals surface area contributed by atoms with E-state index in [0.29, 0.717) is 11.5 Å². The van der Waals surface area contributed by atoms with Crippen molar-refractivity contribution in [2.24, 2.45) is 11.3 Å². The Balaban J connectivity index is 2.09. The van der Waals surface area contributed by atoms with Gasteiger partial charge in [0.05, 0.1) is 12.7 Å². The van der Waals surface area contributed by atoms with Crippen molar-refractivity contribution in [3.63, 3.8) is 0 Å². The maximum atomic E-state index is 5.73. The molecule has 0 aromatic heterocycles. The molecule has 0 aliphatic carbocycles. The van der Waals surface area contributed by atoms with Crippen molar-refractivity contribution in [3.05, 3.63) is 0 Å². The molecule has 0 bridgehead atoms. The summed E-state index contributed by atoms with van der Waals surface area (Å²) in [5.74, 6) is 0.750. The van der Waals surface area contributed by atoms with Crippen molar-refractivity contribution in [1.82, 2.24) is 5.32 Å². The average Bonchev–Trinajstić information content (AvgIpc) is 2.37. The number of piperidine rings is 1. The van der Waals surface area contributed by atoms with Crippen LogP contribution in [0.25, 0.3) is 0 Å². The lowest BCUT2D eigenvalue weighted by Gasteiger charge is -2.36. The highest BCUT2D eigenvalue weighted by atomic mass is 16.5. The second kappa shape index (κ2) is 3.00. The fourth-order valence-electron chi connectivity index (χ4n) is 2.60. The minimum atomic E-state index is 0.475. The van der Waals surface area contributed by atoms with Gasteiger partial charge in [0.25, 0.3) is 0 Å². The van der Waals surface area contributed by atoms with Gasteiger partial charge in [-0.3, -0.25) is 0 Å². The normalized spacial score (nSPS) is 40.5. The molecule has 2 heterocycles. The standard InChI is InChI=1S/C10H19NO/c1-8-9(2)12-7-10(8)3-5-11-6-4-10/h8-9,11H,3-7H2,1-2H3/t8-,9+/m1/s1. The lowest BCUT2D eigenvalue weighted by molar-refractivity contribution is 0.0950. The van der Waals surface area contributed by atoms with Crippen LogP contribution in [0, 0.1) is 11.3 Å². The molecule has 2 saturated heterocycles. The summed E-state index contributed by atoms with van der Waals surface area (Å²) in [7, 11) is 0. The molecule has 1 N–H and O–H groups in total. The van der Waals surface area contributed by atoms with Gasteiger partial charge in [0.2, 0.25) is 0 Å². The van der Waals surface area contributed by atoms with Gasteiger partial charge in [-0.05, 0) is 38.8 Å². The Morgan fingerprint density at radius 1 is 1.25 bits per heavy atom. The molecule has 0 saturated carbocycles. The predicted octanol–water partition coefficient (Wildman–Crippen LogP) is 1.41. The summed E-state index contributed by atoms with van der Waals surface area (Å²) in [4.78, 5) is 0. The molecule has 2 aliphatic rings. The summed E-state index contributed by atoms with van der Waals surface area (Å²) in [6.45, 7) is 7.92. The molecule has 2 nitrogen and oxygen atoms in total. The first-order valence-corrected chi connectivity index (χ1v) is 5.07. The molecule has 70 valence electrons. The van der Waals surface area contributed by atoms with Gasteiger partial charge >= 0.3 is 0 Å². The number of rotatable bonds is 0. The minimum absolute atomic E-state index is 0.475. The lowest BCUT2D eigenvalue weighted by atomic mass is 9.70. The highest BCUT2D eigenvalue weighted by molar-refractivity contribution is 4.94. The van der Waals surface area contributed by atoms with Gasteiger partial charge in [0.15, 0.2) is 0 Å². The molecular formula is C10H19NO. The molecule has 0 unspecified atom stereocenters. The fourth-order valence-corrected chi connectivity index (χ4v) is 2.60. The first-order chi connectivity index (χ1) is 5.75. The van der Waals surface area contributed by atoms with Gasteiger partial charge < -0.3 is 10.1 Å². The zero-order valence-electron chi connectivity index (χ0n) is 8.10. The van der Waals surface area contributed by atoms with Crippen molar-refractivity contribution in [2.45, 2.75) is 32.8 Å². The molecule has 0 aromatic rings. The topological polar surface area (TPSA) is 21.3 Å². The quantitative estimate of drug-likeness (QED) is 0.592. The fraction of sp³-hybridized carbons (Fsp3) is 1.00. The van der Waals surface area contributed by atoms with E-state index < -0.39 is 0 Å². The molecule has 0 amide bonds. The van der Waals surface area contributed by atoms with Crippen LogP contribution in [-0.2, 0) is 4.74 Å². The molecule has 12 heavy (non-hydrogen) atoms. The summed E-state index contributed by atoms with van der Waals surface area (Å²) >= 11 is 0. The van der Waals surface area contributed by atoms with Crippen LogP contribution in [-0.4, -0.2) is 25.8 Å². The van der Waals surface area contributed by atoms with Gasteiger partial charge in [-0.1, -0.05) is 6.92 Å². The van der Waals surface area contributed by atoms with E-state index in [-0.39, 0.29) is 0 Å². The first kappa shape index (κ1) is 8.52. The summed E-state index contributed by atoms with van der Waals surface area (Å²) in [6, 6.07) is 0. The van der Waals surface area contributed by atoms with Crippen LogP contribution in [0.4, 0.5) is 0 Å². The van der Waals surface area contributed by atoms with Crippen molar-refractivity contribution < 1.29 is 4.74 Å². The maximum absolute atomic E-state index is 5.73. The number of nitrogens with one attached hydrogen (secondary N) is 1. The van der Waals surface area contributed by atoms with E-state index in [0.717, 1.165) is 12.5 Å². The Morgan fingerprint density at radius 3 is 2.42 bits per heavy atom. The summed E-state index contributed by atoms with van der Waals surface area (Å²) in [6.07, 6.45) is 3.08. The van der Waals surface area contributed by atoms with E-state index >= 15 is 0 Å². The number of hydrogen-bond acceptors (Lipinski definition) is 2. The molecule has 2 atom stereocenters. The van der Waals surface area contributed by atoms with E-state index in [1.807, 2.05) is 0 Å². The Bertz CT molecular complexity index is 158. The number of ether oxygens (including phenoxy) is 1. The molecule has 0 radical (unpaired) electrons. The summed E-state index contributed by atoms with van der Waals surface area (Å²) < 4.78 is 5.73. The van der Waals surface area contributed by atoms with Crippen molar-refractivity contribution in [1.29, 1.82) is 0 Å². The summed E-state index contributed by atoms with van der Waals surface area (Å²) in [5.41, 5.74) is 0.519. The third-order valence-corrected chi connectivity index (χ3v) is 3.90. The van der Waals surface area contributed by atoms with Crippen molar-refractivity contribution in [2.75, 3.05) is 19.7 Å². The molecular weight excluding hydrogens is 150 g/mol. The van der Waals surface area contributed by atoms with Gasteiger partial charge in [0.1, 0.15) is 0 Å². The Morgan fingerprint density at radius 2 is 1.92 bits per heavy atom. The van der Waals surface area contributed by atoms with Crippen molar-refractivity contribution >= 4 is 0 Å². The zero-order valence-corrected chi connectivity index (χ0v) is 8.10. The van der Waals surface area contributed by atoms with E-state index in [9.17, 15) is 0 Å². The van der Waals surface area contributed by atoms with E-state index in [2.05, 4.69) is 19.2 Å². The van der Waals surface area contributed by atoms with Crippen molar-refractivity contribution in [3.8, 4) is 0 Å². The minimum Gasteiger partial charge on any atom is -0.378 e. The summed E-state index contributed by atoms with van der Waals surface area (Å²) in [5, 5.41) is 3.42. The predicted molar refractivity (Wildman–Crippen MR) is 49.1 cm³/mol. The third-order valence-electron chi connectivity index (χ3n) is 3.90. The Labute approximate surface area is 74.7 Å². The maximum Gasteiger partial charge on any atom is 0.0578 e. The monoisotopic (exact) mass is 169 g/mol. The highest BCUT2D eigenvalue weighted by Gasteiger charge is 2.45. The van der Waals surface area contributed by atoms with Crippen LogP contribution in [0.2, 0.25) is 0 Å². The van der Waals surface area contributed by atoms with Gasteiger partial charge in [-0.15, -0.1) is 0 Å². The van der Waals surface area contributed by atoms with Gasteiger partial charge in [0, 0.05) is 5.41 Å². The molecule has 2 aliphatic heterocycles. The van der Waals surface area contributed by atoms with E-state index in [1.54, 1.807) is 0 Å².